The summed E-state index contributed by atoms with van der Waals surface area (Å²) in [6, 6.07) is 72.7. The van der Waals surface area contributed by atoms with Crippen LogP contribution in [-0.2, 0) is 12.0 Å². The van der Waals surface area contributed by atoms with Crippen molar-refractivity contribution in [3.05, 3.63) is 251 Å². The van der Waals surface area contributed by atoms with Crippen molar-refractivity contribution < 1.29 is 0 Å². The standard InChI is InChI=1S/C54H38N4/c55-35-37-16-14-20-40(32-37)48(56)34-49(39-18-4-1-5-19-39)57-36-38-17-15-25-43(33-38)58-50-29-13-11-27-45(50)53-51(58)31-30-47-52(53)44-26-10-12-28-46(44)54(47,41-21-6-2-7-22-41)42-23-8-3-9-24-42/h1-34,56-57H,36H2/b49-34-,56-48?. The molecule has 1 aromatic heterocycles. The van der Waals surface area contributed by atoms with Gasteiger partial charge in [0.15, 0.2) is 0 Å². The number of benzene rings is 8. The quantitative estimate of drug-likeness (QED) is 0.145. The Balaban J connectivity index is 1.10. The van der Waals surface area contributed by atoms with E-state index in [4.69, 9.17) is 5.41 Å². The summed E-state index contributed by atoms with van der Waals surface area (Å²) in [4.78, 5) is 0. The van der Waals surface area contributed by atoms with E-state index in [1.54, 1.807) is 12.1 Å². The van der Waals surface area contributed by atoms with Crippen LogP contribution in [-0.4, -0.2) is 10.3 Å². The third-order valence-electron chi connectivity index (χ3n) is 11.6. The summed E-state index contributed by atoms with van der Waals surface area (Å²) in [6.07, 6.45) is 1.85. The minimum Gasteiger partial charge on any atom is -0.380 e. The Labute approximate surface area is 338 Å². The van der Waals surface area contributed by atoms with Gasteiger partial charge < -0.3 is 15.3 Å². The molecule has 0 atom stereocenters. The van der Waals surface area contributed by atoms with Gasteiger partial charge in [-0.3, -0.25) is 0 Å². The molecule has 9 aromatic rings. The molecule has 4 nitrogen and oxygen atoms in total. The van der Waals surface area contributed by atoms with Crippen LogP contribution in [0.1, 0.15) is 44.5 Å². The minimum atomic E-state index is -0.476. The number of allylic oxidation sites excluding steroid dienone is 1. The second kappa shape index (κ2) is 14.4. The van der Waals surface area contributed by atoms with E-state index in [2.05, 4.69) is 162 Å². The zero-order chi connectivity index (χ0) is 39.1. The first-order valence-corrected chi connectivity index (χ1v) is 19.6. The van der Waals surface area contributed by atoms with Crippen LogP contribution >= 0.6 is 0 Å². The second-order valence-corrected chi connectivity index (χ2v) is 14.8. The fourth-order valence-electron chi connectivity index (χ4n) is 9.11. The molecule has 0 spiro atoms. The van der Waals surface area contributed by atoms with Gasteiger partial charge in [0.25, 0.3) is 0 Å². The summed E-state index contributed by atoms with van der Waals surface area (Å²) in [5.74, 6) is 0. The lowest BCUT2D eigenvalue weighted by Crippen LogP contribution is -2.28. The van der Waals surface area contributed by atoms with E-state index in [0.29, 0.717) is 23.4 Å². The number of hydrogen-bond acceptors (Lipinski definition) is 3. The molecule has 1 aliphatic carbocycles. The number of rotatable bonds is 9. The first kappa shape index (κ1) is 34.7. The Hall–Kier alpha value is -7.74. The summed E-state index contributed by atoms with van der Waals surface area (Å²) >= 11 is 0. The Kier molecular flexibility index (Phi) is 8.62. The van der Waals surface area contributed by atoms with Gasteiger partial charge in [0.05, 0.1) is 33.8 Å². The molecule has 0 saturated carbocycles. The summed E-state index contributed by atoms with van der Waals surface area (Å²) in [5.41, 5.74) is 15.1. The van der Waals surface area contributed by atoms with Crippen LogP contribution in [0.25, 0.3) is 44.3 Å². The molecule has 58 heavy (non-hydrogen) atoms. The van der Waals surface area contributed by atoms with Gasteiger partial charge in [0.2, 0.25) is 0 Å². The van der Waals surface area contributed by atoms with Gasteiger partial charge in [-0.2, -0.15) is 5.26 Å². The van der Waals surface area contributed by atoms with Crippen LogP contribution in [0.15, 0.2) is 206 Å². The zero-order valence-corrected chi connectivity index (χ0v) is 31.7. The van der Waals surface area contributed by atoms with E-state index >= 15 is 0 Å². The van der Waals surface area contributed by atoms with Crippen molar-refractivity contribution in [3.8, 4) is 22.9 Å². The van der Waals surface area contributed by atoms with Crippen LogP contribution in [0.3, 0.4) is 0 Å². The lowest BCUT2D eigenvalue weighted by Gasteiger charge is -2.33. The number of aromatic nitrogens is 1. The van der Waals surface area contributed by atoms with Gasteiger partial charge in [-0.25, -0.2) is 0 Å². The number of fused-ring (bicyclic) bond motifs is 7. The molecule has 0 bridgehead atoms. The van der Waals surface area contributed by atoms with Crippen molar-refractivity contribution in [2.75, 3.05) is 0 Å². The molecular formula is C54H38N4. The Morgan fingerprint density at radius 1 is 0.603 bits per heavy atom. The molecule has 0 aliphatic heterocycles. The molecule has 0 amide bonds. The van der Waals surface area contributed by atoms with E-state index in [-0.39, 0.29) is 0 Å². The van der Waals surface area contributed by atoms with Crippen LogP contribution in [0, 0.1) is 16.7 Å². The Morgan fingerprint density at radius 3 is 2.02 bits per heavy atom. The smallest absolute Gasteiger partial charge is 0.0991 e. The molecule has 1 aliphatic rings. The van der Waals surface area contributed by atoms with E-state index in [0.717, 1.165) is 33.5 Å². The normalized spacial score (nSPS) is 12.8. The van der Waals surface area contributed by atoms with Gasteiger partial charge in [-0.05, 0) is 87.0 Å². The SMILES string of the molecule is N#Cc1cccc(C(=N)/C=C(\NCc2cccc(-n3c4ccccc4c4c5c(ccc43)C(c3ccccc3)(c3ccccc3)c3ccccc3-5)c2)c2ccccc2)c1. The number of nitrogens with zero attached hydrogens (tertiary/aromatic N) is 2. The number of para-hydroxylation sites is 1. The first-order chi connectivity index (χ1) is 28.6. The van der Waals surface area contributed by atoms with Gasteiger partial charge in [0, 0.05) is 34.3 Å². The molecule has 0 radical (unpaired) electrons. The monoisotopic (exact) mass is 742 g/mol. The molecule has 0 saturated heterocycles. The number of nitriles is 1. The molecule has 1 heterocycles. The van der Waals surface area contributed by atoms with E-state index < -0.39 is 5.41 Å². The van der Waals surface area contributed by atoms with Crippen LogP contribution in [0.5, 0.6) is 0 Å². The molecule has 2 N–H and O–H groups in total. The highest BCUT2D eigenvalue weighted by molar-refractivity contribution is 6.18. The number of nitrogens with one attached hydrogen (secondary N) is 2. The van der Waals surface area contributed by atoms with Gasteiger partial charge in [-0.15, -0.1) is 0 Å². The molecule has 4 heteroatoms. The van der Waals surface area contributed by atoms with E-state index in [1.165, 1.54) is 44.2 Å². The first-order valence-electron chi connectivity index (χ1n) is 19.6. The zero-order valence-electron chi connectivity index (χ0n) is 31.7. The minimum absolute atomic E-state index is 0.333. The van der Waals surface area contributed by atoms with E-state index in [1.807, 2.05) is 48.5 Å². The molecule has 0 fully saturated rings. The Morgan fingerprint density at radius 2 is 1.26 bits per heavy atom. The fourth-order valence-corrected chi connectivity index (χ4v) is 9.11. The van der Waals surface area contributed by atoms with Crippen molar-refractivity contribution >= 4 is 33.2 Å². The summed E-state index contributed by atoms with van der Waals surface area (Å²) < 4.78 is 2.41. The lowest BCUT2D eigenvalue weighted by molar-refractivity contribution is 0.769. The highest BCUT2D eigenvalue weighted by Crippen LogP contribution is 2.58. The average molecular weight is 743 g/mol. The fraction of sp³-hybridized carbons (Fsp3) is 0.0370. The topological polar surface area (TPSA) is 64.6 Å². The average Bonchev–Trinajstić information content (AvgIpc) is 3.79. The predicted octanol–water partition coefficient (Wildman–Crippen LogP) is 12.2. The molecule has 8 aromatic carbocycles. The number of hydrogen-bond donors (Lipinski definition) is 2. The lowest BCUT2D eigenvalue weighted by atomic mass is 9.67. The van der Waals surface area contributed by atoms with Crippen LogP contribution in [0.4, 0.5) is 0 Å². The highest BCUT2D eigenvalue weighted by Gasteiger charge is 2.47. The Bertz CT molecular complexity index is 3040. The highest BCUT2D eigenvalue weighted by atomic mass is 15.0. The van der Waals surface area contributed by atoms with Gasteiger partial charge >= 0.3 is 0 Å². The van der Waals surface area contributed by atoms with Gasteiger partial charge in [0.1, 0.15) is 0 Å². The van der Waals surface area contributed by atoms with Crippen molar-refractivity contribution in [2.45, 2.75) is 12.0 Å². The van der Waals surface area contributed by atoms with Crippen molar-refractivity contribution in [1.29, 1.82) is 10.7 Å². The molecule has 0 unspecified atom stereocenters. The molecular weight excluding hydrogens is 705 g/mol. The van der Waals surface area contributed by atoms with Gasteiger partial charge in [-0.1, -0.05) is 164 Å². The predicted molar refractivity (Wildman–Crippen MR) is 237 cm³/mol. The van der Waals surface area contributed by atoms with Crippen LogP contribution < -0.4 is 5.32 Å². The summed E-state index contributed by atoms with van der Waals surface area (Å²) in [7, 11) is 0. The second-order valence-electron chi connectivity index (χ2n) is 14.8. The van der Waals surface area contributed by atoms with Crippen molar-refractivity contribution in [3.63, 3.8) is 0 Å². The largest absolute Gasteiger partial charge is 0.380 e. The summed E-state index contributed by atoms with van der Waals surface area (Å²) in [5, 5.41) is 24.5. The maximum Gasteiger partial charge on any atom is 0.0991 e. The maximum absolute atomic E-state index is 9.46. The van der Waals surface area contributed by atoms with Crippen LogP contribution in [0.2, 0.25) is 0 Å². The summed E-state index contributed by atoms with van der Waals surface area (Å²) in [6.45, 7) is 0.552. The van der Waals surface area contributed by atoms with Crippen molar-refractivity contribution in [1.82, 2.24) is 9.88 Å². The van der Waals surface area contributed by atoms with Crippen molar-refractivity contribution in [2.24, 2.45) is 0 Å². The molecule has 10 rings (SSSR count). The third kappa shape index (κ3) is 5.64. The third-order valence-corrected chi connectivity index (χ3v) is 11.6. The maximum atomic E-state index is 9.46. The van der Waals surface area contributed by atoms with E-state index in [9.17, 15) is 5.26 Å². The molecule has 274 valence electrons.